The van der Waals surface area contributed by atoms with Gasteiger partial charge in [0.05, 0.1) is 6.61 Å². The third kappa shape index (κ3) is 4.06. The average Bonchev–Trinajstić information content (AvgIpc) is 3.37. The van der Waals surface area contributed by atoms with Crippen molar-refractivity contribution in [3.63, 3.8) is 0 Å². The molecule has 0 aromatic heterocycles. The Balaban J connectivity index is 1.69. The van der Waals surface area contributed by atoms with E-state index in [1.807, 2.05) is 0 Å². The Hall–Kier alpha value is -0.900. The third-order valence-electron chi connectivity index (χ3n) is 4.90. The monoisotopic (exact) mass is 288 g/mol. The van der Waals surface area contributed by atoms with Crippen LogP contribution in [0.5, 0.6) is 0 Å². The minimum atomic E-state index is 0.241. The quantitative estimate of drug-likeness (QED) is 0.809. The molecule has 2 aliphatic carbocycles. The number of hydrogen-bond donors (Lipinski definition) is 2. The van der Waals surface area contributed by atoms with E-state index in [1.54, 1.807) is 0 Å². The van der Waals surface area contributed by atoms with Gasteiger partial charge < -0.3 is 10.4 Å². The molecule has 2 fully saturated rings. The highest BCUT2D eigenvalue weighted by Crippen LogP contribution is 2.35. The molecule has 116 valence electrons. The summed E-state index contributed by atoms with van der Waals surface area (Å²) in [5.41, 5.74) is 1.43. The summed E-state index contributed by atoms with van der Waals surface area (Å²) in [4.78, 5) is 2.74. The van der Waals surface area contributed by atoms with Gasteiger partial charge in [-0.2, -0.15) is 0 Å². The Morgan fingerprint density at radius 3 is 2.52 bits per heavy atom. The maximum absolute atomic E-state index is 9.10. The number of benzene rings is 1. The molecule has 2 N–H and O–H groups in total. The van der Waals surface area contributed by atoms with E-state index in [0.717, 1.165) is 19.1 Å². The molecule has 1 aromatic rings. The van der Waals surface area contributed by atoms with Gasteiger partial charge in [-0.3, -0.25) is 4.90 Å². The first-order chi connectivity index (χ1) is 10.4. The Morgan fingerprint density at radius 1 is 1.05 bits per heavy atom. The second kappa shape index (κ2) is 7.39. The molecule has 0 bridgehead atoms. The minimum Gasteiger partial charge on any atom is -0.395 e. The van der Waals surface area contributed by atoms with Crippen molar-refractivity contribution >= 4 is 0 Å². The van der Waals surface area contributed by atoms with Gasteiger partial charge in [-0.1, -0.05) is 43.2 Å². The molecule has 0 aliphatic heterocycles. The number of rotatable bonds is 7. The highest BCUT2D eigenvalue weighted by Gasteiger charge is 2.38. The fourth-order valence-corrected chi connectivity index (χ4v) is 3.71. The van der Waals surface area contributed by atoms with Crippen molar-refractivity contribution in [2.24, 2.45) is 0 Å². The molecule has 0 saturated heterocycles. The molecule has 21 heavy (non-hydrogen) atoms. The van der Waals surface area contributed by atoms with Crippen molar-refractivity contribution in [2.45, 2.75) is 63.2 Å². The fraction of sp³-hybridized carbons (Fsp3) is 0.667. The van der Waals surface area contributed by atoms with E-state index in [1.165, 1.54) is 44.1 Å². The largest absolute Gasteiger partial charge is 0.395 e. The Kier molecular flexibility index (Phi) is 5.28. The van der Waals surface area contributed by atoms with Crippen LogP contribution in [0.4, 0.5) is 0 Å². The van der Waals surface area contributed by atoms with Gasteiger partial charge in [0.1, 0.15) is 0 Å². The summed E-state index contributed by atoms with van der Waals surface area (Å²) < 4.78 is 0. The summed E-state index contributed by atoms with van der Waals surface area (Å²) in [6, 6.07) is 12.8. The second-order valence-electron chi connectivity index (χ2n) is 6.53. The van der Waals surface area contributed by atoms with Gasteiger partial charge in [-0.15, -0.1) is 0 Å². The lowest BCUT2D eigenvalue weighted by molar-refractivity contribution is 0.103. The van der Waals surface area contributed by atoms with E-state index in [2.05, 4.69) is 40.5 Å². The molecule has 3 heteroatoms. The topological polar surface area (TPSA) is 35.5 Å². The first kappa shape index (κ1) is 15.0. The number of nitrogens with one attached hydrogen (secondary N) is 1. The molecular weight excluding hydrogens is 260 g/mol. The lowest BCUT2D eigenvalue weighted by Crippen LogP contribution is -2.52. The summed E-state index contributed by atoms with van der Waals surface area (Å²) >= 11 is 0. The fourth-order valence-electron chi connectivity index (χ4n) is 3.71. The van der Waals surface area contributed by atoms with Crippen molar-refractivity contribution in [2.75, 3.05) is 13.2 Å². The van der Waals surface area contributed by atoms with Crippen molar-refractivity contribution in [3.8, 4) is 0 Å². The van der Waals surface area contributed by atoms with Crippen LogP contribution in [0.3, 0.4) is 0 Å². The molecule has 3 nitrogen and oxygen atoms in total. The van der Waals surface area contributed by atoms with Gasteiger partial charge in [0.15, 0.2) is 0 Å². The van der Waals surface area contributed by atoms with Crippen molar-refractivity contribution in [1.29, 1.82) is 0 Å². The molecule has 0 spiro atoms. The summed E-state index contributed by atoms with van der Waals surface area (Å²) in [7, 11) is 0. The van der Waals surface area contributed by atoms with Gasteiger partial charge >= 0.3 is 0 Å². The van der Waals surface area contributed by atoms with Crippen LogP contribution in [0.15, 0.2) is 30.3 Å². The summed E-state index contributed by atoms with van der Waals surface area (Å²) in [5, 5.41) is 12.7. The molecule has 2 aliphatic rings. The number of aliphatic hydroxyl groups excluding tert-OH is 1. The van der Waals surface area contributed by atoms with E-state index < -0.39 is 0 Å². The lowest BCUT2D eigenvalue weighted by Gasteiger charge is -2.41. The van der Waals surface area contributed by atoms with Gasteiger partial charge in [-0.05, 0) is 31.2 Å². The van der Waals surface area contributed by atoms with Crippen molar-refractivity contribution in [1.82, 2.24) is 10.2 Å². The normalized spacial score (nSPS) is 26.2. The molecule has 2 atom stereocenters. The van der Waals surface area contributed by atoms with Crippen LogP contribution in [0.2, 0.25) is 0 Å². The smallest absolute Gasteiger partial charge is 0.0556 e. The van der Waals surface area contributed by atoms with E-state index >= 15 is 0 Å². The van der Waals surface area contributed by atoms with Crippen LogP contribution < -0.4 is 5.32 Å². The van der Waals surface area contributed by atoms with Gasteiger partial charge in [0, 0.05) is 31.2 Å². The van der Waals surface area contributed by atoms with E-state index in [9.17, 15) is 0 Å². The summed E-state index contributed by atoms with van der Waals surface area (Å²) in [6.07, 6.45) is 7.94. The van der Waals surface area contributed by atoms with E-state index in [-0.39, 0.29) is 6.61 Å². The molecular formula is C18H28N2O. The van der Waals surface area contributed by atoms with Gasteiger partial charge in [-0.25, -0.2) is 0 Å². The van der Waals surface area contributed by atoms with Crippen LogP contribution >= 0.6 is 0 Å². The number of nitrogens with zero attached hydrogens (tertiary/aromatic N) is 1. The highest BCUT2D eigenvalue weighted by molar-refractivity contribution is 5.15. The van der Waals surface area contributed by atoms with Crippen LogP contribution in [0, 0.1) is 0 Å². The van der Waals surface area contributed by atoms with Crippen molar-refractivity contribution < 1.29 is 5.11 Å². The minimum absolute atomic E-state index is 0.241. The maximum Gasteiger partial charge on any atom is 0.0556 e. The number of hydrogen-bond acceptors (Lipinski definition) is 3. The second-order valence-corrected chi connectivity index (χ2v) is 6.53. The SMILES string of the molecule is OCCN[C@H]1CCCC[C@@H]1N(Cc1ccccc1)C1CC1. The van der Waals surface area contributed by atoms with Crippen LogP contribution in [-0.2, 0) is 6.54 Å². The Morgan fingerprint density at radius 2 is 1.81 bits per heavy atom. The standard InChI is InChI=1S/C18H28N2O/c21-13-12-19-17-8-4-5-9-18(17)20(16-10-11-16)14-15-6-2-1-3-7-15/h1-3,6-7,16-19,21H,4-5,8-14H2/t17-,18-/m0/s1. The molecule has 0 radical (unpaired) electrons. The zero-order valence-corrected chi connectivity index (χ0v) is 12.9. The highest BCUT2D eigenvalue weighted by atomic mass is 16.3. The predicted molar refractivity (Wildman–Crippen MR) is 86.1 cm³/mol. The first-order valence-electron chi connectivity index (χ1n) is 8.52. The lowest BCUT2D eigenvalue weighted by atomic mass is 9.88. The van der Waals surface area contributed by atoms with Gasteiger partial charge in [0.25, 0.3) is 0 Å². The van der Waals surface area contributed by atoms with Gasteiger partial charge in [0.2, 0.25) is 0 Å². The molecule has 1 aromatic carbocycles. The average molecular weight is 288 g/mol. The Bertz CT molecular complexity index is 418. The molecule has 0 unspecified atom stereocenters. The summed E-state index contributed by atoms with van der Waals surface area (Å²) in [5.74, 6) is 0. The maximum atomic E-state index is 9.10. The van der Waals surface area contributed by atoms with Crippen LogP contribution in [0.25, 0.3) is 0 Å². The summed E-state index contributed by atoms with van der Waals surface area (Å²) in [6.45, 7) is 2.05. The van der Waals surface area contributed by atoms with Crippen LogP contribution in [-0.4, -0.2) is 41.3 Å². The van der Waals surface area contributed by atoms with E-state index in [4.69, 9.17) is 5.11 Å². The first-order valence-corrected chi connectivity index (χ1v) is 8.52. The Labute approximate surface area is 128 Å². The molecule has 2 saturated carbocycles. The molecule has 0 amide bonds. The third-order valence-corrected chi connectivity index (χ3v) is 4.90. The molecule has 0 heterocycles. The zero-order chi connectivity index (χ0) is 14.5. The zero-order valence-electron chi connectivity index (χ0n) is 12.9. The molecule has 3 rings (SSSR count). The van der Waals surface area contributed by atoms with E-state index in [0.29, 0.717) is 12.1 Å². The van der Waals surface area contributed by atoms with Crippen LogP contribution in [0.1, 0.15) is 44.1 Å². The predicted octanol–water partition coefficient (Wildman–Crippen LogP) is 2.54. The number of aliphatic hydroxyl groups is 1. The van der Waals surface area contributed by atoms with Crippen molar-refractivity contribution in [3.05, 3.63) is 35.9 Å².